The van der Waals surface area contributed by atoms with Gasteiger partial charge in [-0.05, 0) is 42.0 Å². The van der Waals surface area contributed by atoms with Gasteiger partial charge in [0.05, 0.1) is 5.69 Å². The molecule has 2 nitrogen and oxygen atoms in total. The van der Waals surface area contributed by atoms with E-state index in [1.807, 2.05) is 12.1 Å². The van der Waals surface area contributed by atoms with E-state index in [-0.39, 0.29) is 5.82 Å². The van der Waals surface area contributed by atoms with Gasteiger partial charge < -0.3 is 10.2 Å². The molecule has 1 aromatic carbocycles. The molecule has 0 amide bonds. The fraction of sp³-hybridized carbons (Fsp3) is 0.647. The van der Waals surface area contributed by atoms with Gasteiger partial charge in [-0.2, -0.15) is 0 Å². The van der Waals surface area contributed by atoms with E-state index in [2.05, 4.69) is 37.9 Å². The molecule has 0 bridgehead atoms. The van der Waals surface area contributed by atoms with Gasteiger partial charge in [0.1, 0.15) is 5.82 Å². The zero-order chi connectivity index (χ0) is 14.8. The first-order valence-corrected chi connectivity index (χ1v) is 7.61. The molecule has 0 aromatic heterocycles. The summed E-state index contributed by atoms with van der Waals surface area (Å²) in [5.41, 5.74) is 2.07. The van der Waals surface area contributed by atoms with Gasteiger partial charge in [0.2, 0.25) is 0 Å². The first-order valence-electron chi connectivity index (χ1n) is 7.61. The molecule has 0 aliphatic carbocycles. The molecule has 3 heteroatoms. The number of anilines is 1. The summed E-state index contributed by atoms with van der Waals surface area (Å²) in [6.45, 7) is 12.4. The van der Waals surface area contributed by atoms with Gasteiger partial charge in [-0.3, -0.25) is 0 Å². The van der Waals surface area contributed by atoms with E-state index in [1.165, 1.54) is 0 Å². The van der Waals surface area contributed by atoms with Crippen molar-refractivity contribution in [2.45, 2.75) is 40.7 Å². The second-order valence-electron chi connectivity index (χ2n) is 7.15. The zero-order valence-corrected chi connectivity index (χ0v) is 13.2. The monoisotopic (exact) mass is 278 g/mol. The number of rotatable bonds is 5. The molecule has 0 radical (unpaired) electrons. The van der Waals surface area contributed by atoms with E-state index >= 15 is 0 Å². The average molecular weight is 278 g/mol. The minimum absolute atomic E-state index is 0.0912. The third-order valence-electron chi connectivity index (χ3n) is 3.91. The lowest BCUT2D eigenvalue weighted by atomic mass is 9.93. The van der Waals surface area contributed by atoms with Crippen molar-refractivity contribution in [3.8, 4) is 0 Å². The van der Waals surface area contributed by atoms with Crippen molar-refractivity contribution in [1.29, 1.82) is 0 Å². The number of benzene rings is 1. The van der Waals surface area contributed by atoms with Gasteiger partial charge in [-0.1, -0.05) is 33.8 Å². The third-order valence-corrected chi connectivity index (χ3v) is 3.91. The normalized spacial score (nSPS) is 18.0. The molecular formula is C17H27FN2. The number of hydrogen-bond acceptors (Lipinski definition) is 2. The van der Waals surface area contributed by atoms with Crippen LogP contribution in [0.2, 0.25) is 0 Å². The zero-order valence-electron chi connectivity index (χ0n) is 13.2. The predicted octanol–water partition coefficient (Wildman–Crippen LogP) is 3.81. The summed E-state index contributed by atoms with van der Waals surface area (Å²) in [7, 11) is 0. The Morgan fingerprint density at radius 2 is 2.10 bits per heavy atom. The van der Waals surface area contributed by atoms with E-state index in [4.69, 9.17) is 0 Å². The van der Waals surface area contributed by atoms with Crippen LogP contribution in [0.25, 0.3) is 0 Å². The van der Waals surface area contributed by atoms with Gasteiger partial charge in [0.15, 0.2) is 0 Å². The number of nitrogens with one attached hydrogen (secondary N) is 1. The van der Waals surface area contributed by atoms with Gasteiger partial charge in [-0.25, -0.2) is 4.39 Å². The Bertz CT molecular complexity index is 454. The molecule has 0 atom stereocenters. The van der Waals surface area contributed by atoms with Crippen molar-refractivity contribution in [1.82, 2.24) is 5.32 Å². The lowest BCUT2D eigenvalue weighted by molar-refractivity contribution is 0.418. The summed E-state index contributed by atoms with van der Waals surface area (Å²) in [6.07, 6.45) is 1.13. The largest absolute Gasteiger partial charge is 0.369 e. The highest BCUT2D eigenvalue weighted by Gasteiger charge is 2.30. The average Bonchev–Trinajstić information content (AvgIpc) is 2.69. The van der Waals surface area contributed by atoms with Crippen LogP contribution in [-0.2, 0) is 6.54 Å². The highest BCUT2D eigenvalue weighted by atomic mass is 19.1. The van der Waals surface area contributed by atoms with Crippen LogP contribution in [0.5, 0.6) is 0 Å². The Kier molecular flexibility index (Phi) is 4.69. The van der Waals surface area contributed by atoms with Crippen LogP contribution >= 0.6 is 0 Å². The summed E-state index contributed by atoms with van der Waals surface area (Å²) in [4.78, 5) is 2.17. The molecule has 1 aliphatic heterocycles. The van der Waals surface area contributed by atoms with E-state index in [0.717, 1.165) is 43.9 Å². The molecule has 0 unspecified atom stereocenters. The number of halogens is 1. The fourth-order valence-electron chi connectivity index (χ4n) is 2.74. The van der Waals surface area contributed by atoms with Crippen LogP contribution in [0.3, 0.4) is 0 Å². The molecule has 1 aliphatic rings. The molecule has 0 saturated carbocycles. The van der Waals surface area contributed by atoms with Gasteiger partial charge in [0.25, 0.3) is 0 Å². The summed E-state index contributed by atoms with van der Waals surface area (Å²) >= 11 is 0. The Hall–Kier alpha value is -1.09. The molecule has 0 spiro atoms. The highest BCUT2D eigenvalue weighted by molar-refractivity contribution is 5.50. The SMILES string of the molecule is CC(C)CNCc1ccc(N2CCC(C)(C)C2)c(F)c1. The van der Waals surface area contributed by atoms with Crippen molar-refractivity contribution in [3.05, 3.63) is 29.6 Å². The van der Waals surface area contributed by atoms with Crippen LogP contribution in [0.15, 0.2) is 18.2 Å². The summed E-state index contributed by atoms with van der Waals surface area (Å²) in [5, 5.41) is 3.35. The van der Waals surface area contributed by atoms with Crippen molar-refractivity contribution >= 4 is 5.69 Å². The van der Waals surface area contributed by atoms with Crippen molar-refractivity contribution < 1.29 is 4.39 Å². The standard InChI is InChI=1S/C17H27FN2/c1-13(2)10-19-11-14-5-6-16(15(18)9-14)20-8-7-17(3,4)12-20/h5-6,9,13,19H,7-8,10-12H2,1-4H3. The number of hydrogen-bond donors (Lipinski definition) is 1. The van der Waals surface area contributed by atoms with E-state index in [1.54, 1.807) is 6.07 Å². The predicted molar refractivity (Wildman–Crippen MR) is 83.6 cm³/mol. The minimum Gasteiger partial charge on any atom is -0.369 e. The van der Waals surface area contributed by atoms with E-state index in [9.17, 15) is 4.39 Å². The molecule has 1 fully saturated rings. The van der Waals surface area contributed by atoms with E-state index < -0.39 is 0 Å². The van der Waals surface area contributed by atoms with Crippen molar-refractivity contribution in [2.75, 3.05) is 24.5 Å². The van der Waals surface area contributed by atoms with Gasteiger partial charge >= 0.3 is 0 Å². The minimum atomic E-state index is -0.0912. The molecule has 20 heavy (non-hydrogen) atoms. The topological polar surface area (TPSA) is 15.3 Å². The smallest absolute Gasteiger partial charge is 0.146 e. The Morgan fingerprint density at radius 3 is 2.65 bits per heavy atom. The fourth-order valence-corrected chi connectivity index (χ4v) is 2.74. The highest BCUT2D eigenvalue weighted by Crippen LogP contribution is 2.33. The molecule has 1 aromatic rings. The summed E-state index contributed by atoms with van der Waals surface area (Å²) in [6, 6.07) is 5.65. The Balaban J connectivity index is 1.99. The second kappa shape index (κ2) is 6.13. The lowest BCUT2D eigenvalue weighted by Crippen LogP contribution is -2.24. The van der Waals surface area contributed by atoms with Crippen LogP contribution in [0.4, 0.5) is 10.1 Å². The quantitative estimate of drug-likeness (QED) is 0.881. The molecule has 112 valence electrons. The van der Waals surface area contributed by atoms with Crippen LogP contribution in [0, 0.1) is 17.2 Å². The van der Waals surface area contributed by atoms with Gasteiger partial charge in [0, 0.05) is 19.6 Å². The first kappa shape index (κ1) is 15.3. The van der Waals surface area contributed by atoms with Crippen molar-refractivity contribution in [3.63, 3.8) is 0 Å². The van der Waals surface area contributed by atoms with Gasteiger partial charge in [-0.15, -0.1) is 0 Å². The lowest BCUT2D eigenvalue weighted by Gasteiger charge is -2.22. The second-order valence-corrected chi connectivity index (χ2v) is 7.15. The summed E-state index contributed by atoms with van der Waals surface area (Å²) < 4.78 is 14.3. The van der Waals surface area contributed by atoms with Crippen LogP contribution in [-0.4, -0.2) is 19.6 Å². The van der Waals surface area contributed by atoms with Crippen LogP contribution in [0.1, 0.15) is 39.7 Å². The molecule has 1 heterocycles. The first-order chi connectivity index (χ1) is 9.37. The van der Waals surface area contributed by atoms with Crippen molar-refractivity contribution in [2.24, 2.45) is 11.3 Å². The molecule has 1 saturated heterocycles. The molecular weight excluding hydrogens is 251 g/mol. The number of nitrogens with zero attached hydrogens (tertiary/aromatic N) is 1. The molecule has 1 N–H and O–H groups in total. The molecule has 2 rings (SSSR count). The Morgan fingerprint density at radius 1 is 1.35 bits per heavy atom. The maximum atomic E-state index is 14.3. The van der Waals surface area contributed by atoms with E-state index in [0.29, 0.717) is 11.3 Å². The van der Waals surface area contributed by atoms with Crippen LogP contribution < -0.4 is 10.2 Å². The maximum absolute atomic E-state index is 14.3. The summed E-state index contributed by atoms with van der Waals surface area (Å²) in [5.74, 6) is 0.525. The third kappa shape index (κ3) is 3.95. The Labute approximate surface area is 122 Å². The maximum Gasteiger partial charge on any atom is 0.146 e.